The van der Waals surface area contributed by atoms with E-state index in [0.717, 1.165) is 11.1 Å². The number of carbonyl (C=O) groups excluding carboxylic acids is 1. The maximum atomic E-state index is 14.9. The van der Waals surface area contributed by atoms with E-state index >= 15 is 0 Å². The van der Waals surface area contributed by atoms with Gasteiger partial charge in [0.1, 0.15) is 5.82 Å². The molecule has 2 bridgehead atoms. The molecule has 3 heterocycles. The number of halogens is 7. The number of pyridine rings is 1. The number of hydrogen-bond acceptors (Lipinski definition) is 2. The third-order valence-corrected chi connectivity index (χ3v) is 5.53. The van der Waals surface area contributed by atoms with Gasteiger partial charge in [0.15, 0.2) is 6.17 Å². The summed E-state index contributed by atoms with van der Waals surface area (Å²) in [7, 11) is 0. The Labute approximate surface area is 165 Å². The molecule has 2 aromatic rings. The Morgan fingerprint density at radius 1 is 1.24 bits per heavy atom. The van der Waals surface area contributed by atoms with Gasteiger partial charge in [0.05, 0.1) is 28.4 Å². The molecule has 3 atom stereocenters. The fourth-order valence-corrected chi connectivity index (χ4v) is 4.25. The number of nitrogens with one attached hydrogen (secondary N) is 1. The molecule has 0 radical (unpaired) electrons. The van der Waals surface area contributed by atoms with Crippen LogP contribution >= 0.6 is 11.6 Å². The Bertz CT molecular complexity index is 998. The molecule has 4 nitrogen and oxygen atoms in total. The van der Waals surface area contributed by atoms with Gasteiger partial charge in [0.2, 0.25) is 5.95 Å². The Kier molecular flexibility index (Phi) is 4.64. The number of nitrogens with zero attached hydrogens (tertiary/aromatic N) is 2. The molecule has 1 fully saturated rings. The van der Waals surface area contributed by atoms with Crippen molar-refractivity contribution in [2.75, 3.05) is 5.32 Å². The molecule has 0 spiro atoms. The van der Waals surface area contributed by atoms with E-state index in [1.807, 2.05) is 0 Å². The van der Waals surface area contributed by atoms with Crippen molar-refractivity contribution in [3.63, 3.8) is 0 Å². The summed E-state index contributed by atoms with van der Waals surface area (Å²) in [5.74, 6) is -2.29. The number of carbonyl (C=O) groups is 1. The Morgan fingerprint density at radius 2 is 1.97 bits per heavy atom. The zero-order valence-electron chi connectivity index (χ0n) is 14.4. The van der Waals surface area contributed by atoms with E-state index in [0.29, 0.717) is 12.5 Å². The summed E-state index contributed by atoms with van der Waals surface area (Å²) in [6.45, 7) is 0. The predicted molar refractivity (Wildman–Crippen MR) is 91.1 cm³/mol. The summed E-state index contributed by atoms with van der Waals surface area (Å²) >= 11 is 5.57. The molecule has 2 aliphatic heterocycles. The number of hydrogen-bond donors (Lipinski definition) is 1. The van der Waals surface area contributed by atoms with Crippen LogP contribution in [-0.2, 0) is 6.18 Å². The monoisotopic (exact) mass is 435 g/mol. The zero-order chi connectivity index (χ0) is 21.1. The molecule has 2 aliphatic rings. The fourth-order valence-electron chi connectivity index (χ4n) is 3.98. The van der Waals surface area contributed by atoms with Gasteiger partial charge in [-0.3, -0.25) is 0 Å². The van der Waals surface area contributed by atoms with Gasteiger partial charge >= 0.3 is 12.2 Å². The lowest BCUT2D eigenvalue weighted by atomic mass is 9.93. The molecule has 1 aromatic carbocycles. The number of urea groups is 1. The van der Waals surface area contributed by atoms with E-state index in [1.165, 1.54) is 6.07 Å². The van der Waals surface area contributed by atoms with E-state index in [4.69, 9.17) is 11.6 Å². The SMILES string of the molecule is O=C(Nc1cc(Cl)c(C(F)(F)F)cc1F)N1[C@@H]2CC[C@H]1[C@@H](F)c1c2ccnc1F. The van der Waals surface area contributed by atoms with Crippen LogP contribution in [0.2, 0.25) is 5.02 Å². The summed E-state index contributed by atoms with van der Waals surface area (Å²) in [6, 6.07) is -0.345. The minimum absolute atomic E-state index is 0.178. The Morgan fingerprint density at radius 3 is 2.66 bits per heavy atom. The lowest BCUT2D eigenvalue weighted by Gasteiger charge is -2.38. The van der Waals surface area contributed by atoms with Crippen LogP contribution in [0.4, 0.5) is 36.8 Å². The highest BCUT2D eigenvalue weighted by atomic mass is 35.5. The quantitative estimate of drug-likeness (QED) is 0.455. The average molecular weight is 436 g/mol. The third-order valence-electron chi connectivity index (χ3n) is 5.22. The van der Waals surface area contributed by atoms with Gasteiger partial charge in [0, 0.05) is 11.8 Å². The highest BCUT2D eigenvalue weighted by Crippen LogP contribution is 2.50. The first-order valence-corrected chi connectivity index (χ1v) is 8.91. The van der Waals surface area contributed by atoms with Crippen LogP contribution in [0, 0.1) is 11.8 Å². The van der Waals surface area contributed by atoms with Crippen molar-refractivity contribution in [2.24, 2.45) is 0 Å². The minimum atomic E-state index is -4.87. The number of fused-ring (bicyclic) bond motifs is 4. The van der Waals surface area contributed by atoms with Crippen LogP contribution in [0.15, 0.2) is 24.4 Å². The van der Waals surface area contributed by atoms with Crippen LogP contribution in [0.1, 0.15) is 41.7 Å². The maximum absolute atomic E-state index is 14.9. The smallest absolute Gasteiger partial charge is 0.311 e. The van der Waals surface area contributed by atoms with Crippen LogP contribution in [0.3, 0.4) is 0 Å². The number of rotatable bonds is 1. The van der Waals surface area contributed by atoms with Crippen LogP contribution in [-0.4, -0.2) is 22.0 Å². The first kappa shape index (κ1) is 19.8. The molecule has 4 rings (SSSR count). The molecular weight excluding hydrogens is 424 g/mol. The topological polar surface area (TPSA) is 45.2 Å². The molecular formula is C18H12ClF6N3O. The van der Waals surface area contributed by atoms with Crippen LogP contribution in [0.5, 0.6) is 0 Å². The second kappa shape index (κ2) is 6.79. The number of anilines is 1. The molecule has 0 aliphatic carbocycles. The highest BCUT2D eigenvalue weighted by molar-refractivity contribution is 6.31. The van der Waals surface area contributed by atoms with Gasteiger partial charge in [-0.2, -0.15) is 17.6 Å². The van der Waals surface area contributed by atoms with E-state index in [-0.39, 0.29) is 23.6 Å². The van der Waals surface area contributed by atoms with Gasteiger partial charge in [-0.25, -0.2) is 18.6 Å². The molecule has 1 N–H and O–H groups in total. The van der Waals surface area contributed by atoms with E-state index in [9.17, 15) is 31.1 Å². The predicted octanol–water partition coefficient (Wildman–Crippen LogP) is 5.79. The second-order valence-electron chi connectivity index (χ2n) is 6.81. The minimum Gasteiger partial charge on any atom is -0.311 e. The summed E-state index contributed by atoms with van der Waals surface area (Å²) in [5.41, 5.74) is -1.89. The average Bonchev–Trinajstić information content (AvgIpc) is 3.01. The standard InChI is InChI=1S/C18H12ClF6N3O/c19-9-6-11(10(20)5-8(9)18(23,24)25)27-17(29)28-12-1-2-13(28)15(21)14-7(12)3-4-26-16(14)22/h3-6,12-13,15H,1-2H2,(H,27,29)/t12-,13+,15-/m1/s1. The summed E-state index contributed by atoms with van der Waals surface area (Å²) in [5, 5.41) is 1.36. The first-order chi connectivity index (χ1) is 13.6. The van der Waals surface area contributed by atoms with Crippen molar-refractivity contribution < 1.29 is 31.1 Å². The zero-order valence-corrected chi connectivity index (χ0v) is 15.2. The molecule has 1 saturated heterocycles. The van der Waals surface area contributed by atoms with Gasteiger partial charge in [-0.1, -0.05) is 11.6 Å². The summed E-state index contributed by atoms with van der Waals surface area (Å²) < 4.78 is 81.5. The van der Waals surface area contributed by atoms with Crippen molar-refractivity contribution in [2.45, 2.75) is 37.3 Å². The van der Waals surface area contributed by atoms with Crippen molar-refractivity contribution >= 4 is 23.3 Å². The van der Waals surface area contributed by atoms with Crippen molar-refractivity contribution in [3.05, 3.63) is 57.9 Å². The molecule has 154 valence electrons. The molecule has 2 amide bonds. The normalized spacial score (nSPS) is 23.1. The molecule has 0 unspecified atom stereocenters. The highest BCUT2D eigenvalue weighted by Gasteiger charge is 2.49. The number of aromatic nitrogens is 1. The van der Waals surface area contributed by atoms with Gasteiger partial charge < -0.3 is 10.2 Å². The van der Waals surface area contributed by atoms with E-state index in [2.05, 4.69) is 10.3 Å². The first-order valence-electron chi connectivity index (χ1n) is 8.53. The Hall–Kier alpha value is -2.49. The lowest BCUT2D eigenvalue weighted by Crippen LogP contribution is -2.45. The number of benzene rings is 1. The van der Waals surface area contributed by atoms with Crippen molar-refractivity contribution in [3.8, 4) is 0 Å². The third kappa shape index (κ3) is 3.19. The number of alkyl halides is 4. The summed E-state index contributed by atoms with van der Waals surface area (Å²) in [6.07, 6.45) is -4.95. The van der Waals surface area contributed by atoms with Crippen molar-refractivity contribution in [1.29, 1.82) is 0 Å². The lowest BCUT2D eigenvalue weighted by molar-refractivity contribution is -0.137. The second-order valence-corrected chi connectivity index (χ2v) is 7.22. The largest absolute Gasteiger partial charge is 0.417 e. The van der Waals surface area contributed by atoms with Crippen molar-refractivity contribution in [1.82, 2.24) is 9.88 Å². The fraction of sp³-hybridized carbons (Fsp3) is 0.333. The molecule has 1 aromatic heterocycles. The Balaban J connectivity index is 1.64. The van der Waals surface area contributed by atoms with Crippen LogP contribution < -0.4 is 5.32 Å². The van der Waals surface area contributed by atoms with Gasteiger partial charge in [-0.05, 0) is 36.6 Å². The van der Waals surface area contributed by atoms with E-state index < -0.39 is 58.5 Å². The van der Waals surface area contributed by atoms with Gasteiger partial charge in [-0.15, -0.1) is 0 Å². The van der Waals surface area contributed by atoms with Crippen LogP contribution in [0.25, 0.3) is 0 Å². The summed E-state index contributed by atoms with van der Waals surface area (Å²) in [4.78, 5) is 17.3. The molecule has 29 heavy (non-hydrogen) atoms. The van der Waals surface area contributed by atoms with Gasteiger partial charge in [0.25, 0.3) is 0 Å². The maximum Gasteiger partial charge on any atom is 0.417 e. The number of amides is 2. The molecule has 11 heteroatoms. The van der Waals surface area contributed by atoms with E-state index in [1.54, 1.807) is 0 Å². The molecule has 0 saturated carbocycles.